The third-order valence-corrected chi connectivity index (χ3v) is 5.37. The summed E-state index contributed by atoms with van der Waals surface area (Å²) in [5.41, 5.74) is 1.46. The normalized spacial score (nSPS) is 18.9. The molecule has 132 valence electrons. The standard InChI is InChI=1S/C18H19N7O/c26-17(14-2-5-19-11-21-14)25-8-7-24(9-18(10-25)3-4-18)16-13-1-6-20-15(13)22-12-23-16/h1-2,5-6,11-12H,3-4,7-10H2,(H,20,22,23). The van der Waals surface area contributed by atoms with E-state index in [0.717, 1.165) is 49.3 Å². The van der Waals surface area contributed by atoms with E-state index in [0.29, 0.717) is 12.2 Å². The SMILES string of the molecule is O=C(c1ccncn1)N1CCN(c2ncnc3[nH]ccc23)CC2(CC2)C1. The zero-order valence-corrected chi connectivity index (χ0v) is 14.3. The quantitative estimate of drug-likeness (QED) is 0.754. The van der Waals surface area contributed by atoms with Crippen molar-refractivity contribution < 1.29 is 4.79 Å². The maximum Gasteiger partial charge on any atom is 0.272 e. The molecule has 0 radical (unpaired) electrons. The van der Waals surface area contributed by atoms with E-state index >= 15 is 0 Å². The number of carbonyl (C=O) groups excluding carboxylic acids is 1. The number of amides is 1. The van der Waals surface area contributed by atoms with Crippen LogP contribution in [0, 0.1) is 5.41 Å². The minimum absolute atomic E-state index is 0.0185. The molecular weight excluding hydrogens is 330 g/mol. The van der Waals surface area contributed by atoms with E-state index in [1.54, 1.807) is 18.6 Å². The summed E-state index contributed by atoms with van der Waals surface area (Å²) < 4.78 is 0. The van der Waals surface area contributed by atoms with Gasteiger partial charge in [-0.3, -0.25) is 4.79 Å². The van der Waals surface area contributed by atoms with Crippen molar-refractivity contribution in [3.63, 3.8) is 0 Å². The molecule has 8 heteroatoms. The van der Waals surface area contributed by atoms with E-state index in [9.17, 15) is 4.79 Å². The van der Waals surface area contributed by atoms with Crippen molar-refractivity contribution in [3.05, 3.63) is 42.9 Å². The van der Waals surface area contributed by atoms with Gasteiger partial charge in [-0.05, 0) is 25.0 Å². The van der Waals surface area contributed by atoms with Crippen LogP contribution in [0.4, 0.5) is 5.82 Å². The first-order chi connectivity index (χ1) is 12.7. The summed E-state index contributed by atoms with van der Waals surface area (Å²) in [5, 5.41) is 1.03. The third-order valence-electron chi connectivity index (χ3n) is 5.37. The van der Waals surface area contributed by atoms with Crippen LogP contribution in [0.2, 0.25) is 0 Å². The maximum absolute atomic E-state index is 12.9. The van der Waals surface area contributed by atoms with Gasteiger partial charge < -0.3 is 14.8 Å². The van der Waals surface area contributed by atoms with Gasteiger partial charge in [0.05, 0.1) is 5.39 Å². The lowest BCUT2D eigenvalue weighted by atomic mass is 10.1. The van der Waals surface area contributed by atoms with Gasteiger partial charge in [0.25, 0.3) is 5.91 Å². The van der Waals surface area contributed by atoms with Crippen molar-refractivity contribution in [2.24, 2.45) is 5.41 Å². The lowest BCUT2D eigenvalue weighted by molar-refractivity contribution is 0.0734. The van der Waals surface area contributed by atoms with Crippen LogP contribution in [0.3, 0.4) is 0 Å². The highest BCUT2D eigenvalue weighted by Gasteiger charge is 2.48. The Morgan fingerprint density at radius 3 is 2.81 bits per heavy atom. The number of fused-ring (bicyclic) bond motifs is 1. The summed E-state index contributed by atoms with van der Waals surface area (Å²) in [6, 6.07) is 3.69. The molecule has 5 rings (SSSR count). The monoisotopic (exact) mass is 349 g/mol. The number of nitrogens with one attached hydrogen (secondary N) is 1. The molecule has 1 saturated heterocycles. The average molecular weight is 349 g/mol. The van der Waals surface area contributed by atoms with Crippen LogP contribution in [0.1, 0.15) is 23.3 Å². The lowest BCUT2D eigenvalue weighted by Gasteiger charge is -2.25. The van der Waals surface area contributed by atoms with Crippen molar-refractivity contribution >= 4 is 22.8 Å². The molecule has 0 unspecified atom stereocenters. The first-order valence-corrected chi connectivity index (χ1v) is 8.82. The summed E-state index contributed by atoms with van der Waals surface area (Å²) in [4.78, 5) is 37.1. The molecule has 0 atom stereocenters. The Labute approximate surface area is 150 Å². The fourth-order valence-corrected chi connectivity index (χ4v) is 3.80. The average Bonchev–Trinajstić information content (AvgIpc) is 3.32. The highest BCUT2D eigenvalue weighted by atomic mass is 16.2. The minimum atomic E-state index is -0.0185. The van der Waals surface area contributed by atoms with E-state index in [4.69, 9.17) is 0 Å². The molecule has 2 aliphatic rings. The fraction of sp³-hybridized carbons (Fsp3) is 0.389. The molecule has 26 heavy (non-hydrogen) atoms. The molecule has 2 fully saturated rings. The molecule has 0 aromatic carbocycles. The van der Waals surface area contributed by atoms with Crippen LogP contribution < -0.4 is 4.90 Å². The van der Waals surface area contributed by atoms with Crippen LogP contribution in [-0.2, 0) is 0 Å². The van der Waals surface area contributed by atoms with Gasteiger partial charge in [0, 0.05) is 44.0 Å². The zero-order chi connectivity index (χ0) is 17.6. The van der Waals surface area contributed by atoms with Gasteiger partial charge in [0.1, 0.15) is 29.8 Å². The molecule has 0 bridgehead atoms. The highest BCUT2D eigenvalue weighted by molar-refractivity contribution is 5.92. The molecular formula is C18H19N7O. The van der Waals surface area contributed by atoms with E-state index < -0.39 is 0 Å². The summed E-state index contributed by atoms with van der Waals surface area (Å²) in [6.45, 7) is 3.09. The Bertz CT molecular complexity index is 950. The molecule has 8 nitrogen and oxygen atoms in total. The van der Waals surface area contributed by atoms with Crippen LogP contribution in [0.5, 0.6) is 0 Å². The Hall–Kier alpha value is -3.03. The maximum atomic E-state index is 12.9. The second kappa shape index (κ2) is 5.76. The van der Waals surface area contributed by atoms with Gasteiger partial charge in [-0.1, -0.05) is 0 Å². The third kappa shape index (κ3) is 2.58. The summed E-state index contributed by atoms with van der Waals surface area (Å²) in [7, 11) is 0. The van der Waals surface area contributed by atoms with Crippen LogP contribution >= 0.6 is 0 Å². The van der Waals surface area contributed by atoms with Gasteiger partial charge in [-0.25, -0.2) is 19.9 Å². The van der Waals surface area contributed by atoms with Gasteiger partial charge >= 0.3 is 0 Å². The number of H-pyrrole nitrogens is 1. The predicted molar refractivity (Wildman–Crippen MR) is 95.7 cm³/mol. The van der Waals surface area contributed by atoms with Crippen molar-refractivity contribution in [1.29, 1.82) is 0 Å². The van der Waals surface area contributed by atoms with E-state index in [1.807, 2.05) is 17.2 Å². The number of rotatable bonds is 2. The Morgan fingerprint density at radius 1 is 1.08 bits per heavy atom. The minimum Gasteiger partial charge on any atom is -0.354 e. The molecule has 3 aromatic rings. The van der Waals surface area contributed by atoms with Crippen molar-refractivity contribution in [3.8, 4) is 0 Å². The van der Waals surface area contributed by atoms with Crippen LogP contribution in [0.15, 0.2) is 37.2 Å². The fourth-order valence-electron chi connectivity index (χ4n) is 3.80. The van der Waals surface area contributed by atoms with Crippen molar-refractivity contribution in [2.75, 3.05) is 31.1 Å². The smallest absolute Gasteiger partial charge is 0.272 e. The highest BCUT2D eigenvalue weighted by Crippen LogP contribution is 2.48. The van der Waals surface area contributed by atoms with Crippen molar-refractivity contribution in [2.45, 2.75) is 12.8 Å². The summed E-state index contributed by atoms with van der Waals surface area (Å²) >= 11 is 0. The van der Waals surface area contributed by atoms with E-state index in [1.165, 1.54) is 6.33 Å². The second-order valence-corrected chi connectivity index (χ2v) is 7.18. The predicted octanol–water partition coefficient (Wildman–Crippen LogP) is 1.49. The topological polar surface area (TPSA) is 90.9 Å². The van der Waals surface area contributed by atoms with Gasteiger partial charge in [0.2, 0.25) is 0 Å². The molecule has 1 aliphatic carbocycles. The number of aromatic amines is 1. The Morgan fingerprint density at radius 2 is 2.00 bits per heavy atom. The number of aromatic nitrogens is 5. The van der Waals surface area contributed by atoms with E-state index in [-0.39, 0.29) is 11.3 Å². The number of hydrogen-bond acceptors (Lipinski definition) is 6. The molecule has 1 spiro atoms. The first kappa shape index (κ1) is 15.2. The number of nitrogens with zero attached hydrogens (tertiary/aromatic N) is 6. The zero-order valence-electron chi connectivity index (χ0n) is 14.3. The molecule has 1 aliphatic heterocycles. The van der Waals surface area contributed by atoms with Gasteiger partial charge in [0.15, 0.2) is 0 Å². The Kier molecular flexibility index (Phi) is 3.37. The molecule has 1 amide bonds. The van der Waals surface area contributed by atoms with Crippen molar-refractivity contribution in [1.82, 2.24) is 29.8 Å². The number of hydrogen-bond donors (Lipinski definition) is 1. The molecule has 4 heterocycles. The number of anilines is 1. The van der Waals surface area contributed by atoms with E-state index in [2.05, 4.69) is 29.8 Å². The molecule has 3 aromatic heterocycles. The van der Waals surface area contributed by atoms with Crippen LogP contribution in [-0.4, -0.2) is 61.9 Å². The molecule has 1 saturated carbocycles. The van der Waals surface area contributed by atoms with Crippen LogP contribution in [0.25, 0.3) is 11.0 Å². The van der Waals surface area contributed by atoms with Gasteiger partial charge in [-0.15, -0.1) is 0 Å². The summed E-state index contributed by atoms with van der Waals surface area (Å²) in [6.07, 6.45) is 8.80. The second-order valence-electron chi connectivity index (χ2n) is 7.18. The number of carbonyl (C=O) groups is 1. The summed E-state index contributed by atoms with van der Waals surface area (Å²) in [5.74, 6) is 0.925. The lowest BCUT2D eigenvalue weighted by Crippen LogP contribution is -2.37. The first-order valence-electron chi connectivity index (χ1n) is 8.82. The largest absolute Gasteiger partial charge is 0.354 e. The van der Waals surface area contributed by atoms with Gasteiger partial charge in [-0.2, -0.15) is 0 Å². The Balaban J connectivity index is 1.44. The molecule has 1 N–H and O–H groups in total.